The molecule has 0 aliphatic carbocycles. The summed E-state index contributed by atoms with van der Waals surface area (Å²) in [5.74, 6) is 0.631. The van der Waals surface area contributed by atoms with Gasteiger partial charge in [0.15, 0.2) is 0 Å². The molecule has 3 aromatic rings. The highest BCUT2D eigenvalue weighted by molar-refractivity contribution is 7.92. The van der Waals surface area contributed by atoms with Crippen LogP contribution in [0, 0.1) is 0 Å². The standard InChI is InChI=1S/C22H22N4O4S/c1-17(22(27)25-24-16-18-7-6-14-23-15-18)26(31(2,28)29)19-10-12-21(13-11-19)30-20-8-4-3-5-9-20/h3-17H,1-2H3,(H,25,27)/b24-16-/t17-/m0/s1. The number of aromatic nitrogens is 1. The number of carbonyl (C=O) groups excluding carboxylic acids is 1. The first-order valence-corrected chi connectivity index (χ1v) is 11.2. The molecule has 0 aliphatic rings. The van der Waals surface area contributed by atoms with Crippen LogP contribution in [0.4, 0.5) is 5.69 Å². The first-order valence-electron chi connectivity index (χ1n) is 9.40. The lowest BCUT2D eigenvalue weighted by atomic mass is 10.2. The summed E-state index contributed by atoms with van der Waals surface area (Å²) in [4.78, 5) is 16.5. The minimum absolute atomic E-state index is 0.335. The molecule has 0 fully saturated rings. The predicted octanol–water partition coefficient (Wildman–Crippen LogP) is 3.18. The number of carbonyl (C=O) groups is 1. The highest BCUT2D eigenvalue weighted by Crippen LogP contribution is 2.26. The van der Waals surface area contributed by atoms with Crippen molar-refractivity contribution < 1.29 is 17.9 Å². The molecule has 1 amide bonds. The third-order valence-corrected chi connectivity index (χ3v) is 5.47. The summed E-state index contributed by atoms with van der Waals surface area (Å²) in [7, 11) is -3.74. The van der Waals surface area contributed by atoms with Crippen molar-refractivity contribution in [3.8, 4) is 11.5 Å². The topological polar surface area (TPSA) is 101 Å². The van der Waals surface area contributed by atoms with E-state index in [2.05, 4.69) is 15.5 Å². The summed E-state index contributed by atoms with van der Waals surface area (Å²) < 4.78 is 31.6. The Hall–Kier alpha value is -3.72. The molecule has 160 valence electrons. The van der Waals surface area contributed by atoms with Gasteiger partial charge in [0.05, 0.1) is 18.2 Å². The van der Waals surface area contributed by atoms with Crippen LogP contribution in [0.1, 0.15) is 12.5 Å². The Morgan fingerprint density at radius 3 is 2.35 bits per heavy atom. The van der Waals surface area contributed by atoms with E-state index in [0.29, 0.717) is 22.7 Å². The quantitative estimate of drug-likeness (QED) is 0.430. The van der Waals surface area contributed by atoms with Crippen molar-refractivity contribution in [3.05, 3.63) is 84.7 Å². The molecular formula is C22H22N4O4S. The van der Waals surface area contributed by atoms with Crippen LogP contribution in [0.2, 0.25) is 0 Å². The van der Waals surface area contributed by atoms with Crippen LogP contribution in [0.25, 0.3) is 0 Å². The number of ether oxygens (including phenoxy) is 1. The second-order valence-corrected chi connectivity index (χ2v) is 8.52. The number of hydrogen-bond donors (Lipinski definition) is 1. The Kier molecular flexibility index (Phi) is 6.99. The van der Waals surface area contributed by atoms with Crippen LogP contribution in [-0.4, -0.2) is 37.8 Å². The monoisotopic (exact) mass is 438 g/mol. The van der Waals surface area contributed by atoms with Gasteiger partial charge in [0.25, 0.3) is 5.91 Å². The van der Waals surface area contributed by atoms with Gasteiger partial charge in [0, 0.05) is 18.0 Å². The molecule has 31 heavy (non-hydrogen) atoms. The summed E-state index contributed by atoms with van der Waals surface area (Å²) in [5, 5.41) is 3.88. The summed E-state index contributed by atoms with van der Waals surface area (Å²) in [5.41, 5.74) is 3.40. The van der Waals surface area contributed by atoms with Crippen LogP contribution >= 0.6 is 0 Å². The van der Waals surface area contributed by atoms with Gasteiger partial charge in [-0.15, -0.1) is 0 Å². The van der Waals surface area contributed by atoms with Crippen molar-refractivity contribution in [2.45, 2.75) is 13.0 Å². The fourth-order valence-corrected chi connectivity index (χ4v) is 3.99. The number of benzene rings is 2. The molecule has 1 heterocycles. The maximum atomic E-state index is 12.5. The first-order chi connectivity index (χ1) is 14.8. The Morgan fingerprint density at radius 1 is 1.06 bits per heavy atom. The fourth-order valence-electron chi connectivity index (χ4n) is 2.81. The largest absolute Gasteiger partial charge is 0.457 e. The van der Waals surface area contributed by atoms with E-state index in [9.17, 15) is 13.2 Å². The molecule has 8 nitrogen and oxygen atoms in total. The second-order valence-electron chi connectivity index (χ2n) is 6.66. The van der Waals surface area contributed by atoms with Gasteiger partial charge in [-0.2, -0.15) is 5.10 Å². The summed E-state index contributed by atoms with van der Waals surface area (Å²) in [6, 6.07) is 18.2. The molecule has 3 rings (SSSR count). The molecule has 0 saturated carbocycles. The van der Waals surface area contributed by atoms with Crippen LogP contribution in [0.3, 0.4) is 0 Å². The zero-order valence-corrected chi connectivity index (χ0v) is 17.9. The van der Waals surface area contributed by atoms with E-state index in [-0.39, 0.29) is 0 Å². The molecule has 0 aliphatic heterocycles. The van der Waals surface area contributed by atoms with E-state index < -0.39 is 22.0 Å². The number of para-hydroxylation sites is 1. The van der Waals surface area contributed by atoms with Crippen molar-refractivity contribution in [3.63, 3.8) is 0 Å². The van der Waals surface area contributed by atoms with Crippen molar-refractivity contribution >= 4 is 27.8 Å². The zero-order chi connectivity index (χ0) is 22.3. The number of hydrogen-bond acceptors (Lipinski definition) is 6. The van der Waals surface area contributed by atoms with Gasteiger partial charge in [-0.3, -0.25) is 14.1 Å². The van der Waals surface area contributed by atoms with Crippen LogP contribution in [0.5, 0.6) is 11.5 Å². The Morgan fingerprint density at radius 2 is 1.74 bits per heavy atom. The number of amides is 1. The third kappa shape index (κ3) is 6.13. The van der Waals surface area contributed by atoms with Crippen molar-refractivity contribution in [2.24, 2.45) is 5.10 Å². The summed E-state index contributed by atoms with van der Waals surface area (Å²) in [6.07, 6.45) is 5.68. The predicted molar refractivity (Wildman–Crippen MR) is 120 cm³/mol. The van der Waals surface area contributed by atoms with Gasteiger partial charge in [-0.05, 0) is 49.4 Å². The lowest BCUT2D eigenvalue weighted by Gasteiger charge is -2.27. The smallest absolute Gasteiger partial charge is 0.263 e. The van der Waals surface area contributed by atoms with E-state index in [4.69, 9.17) is 4.74 Å². The molecule has 0 saturated heterocycles. The van der Waals surface area contributed by atoms with Crippen molar-refractivity contribution in [2.75, 3.05) is 10.6 Å². The Bertz CT molecular complexity index is 1140. The minimum atomic E-state index is -3.74. The highest BCUT2D eigenvalue weighted by Gasteiger charge is 2.29. The summed E-state index contributed by atoms with van der Waals surface area (Å²) >= 11 is 0. The number of nitrogens with one attached hydrogen (secondary N) is 1. The van der Waals surface area contributed by atoms with Crippen LogP contribution in [-0.2, 0) is 14.8 Å². The summed E-state index contributed by atoms with van der Waals surface area (Å²) in [6.45, 7) is 1.49. The molecule has 9 heteroatoms. The van der Waals surface area contributed by atoms with E-state index >= 15 is 0 Å². The average molecular weight is 439 g/mol. The zero-order valence-electron chi connectivity index (χ0n) is 17.0. The molecule has 2 aromatic carbocycles. The normalized spacial score (nSPS) is 12.3. The second kappa shape index (κ2) is 9.86. The first kappa shape index (κ1) is 22.0. The van der Waals surface area contributed by atoms with Gasteiger partial charge < -0.3 is 4.74 Å². The number of sulfonamides is 1. The Balaban J connectivity index is 1.73. The molecule has 0 bridgehead atoms. The maximum absolute atomic E-state index is 12.5. The van der Waals surface area contributed by atoms with Gasteiger partial charge in [0.2, 0.25) is 10.0 Å². The maximum Gasteiger partial charge on any atom is 0.263 e. The third-order valence-electron chi connectivity index (χ3n) is 4.23. The molecule has 1 aromatic heterocycles. The van der Waals surface area contributed by atoms with E-state index in [1.54, 1.807) is 48.8 Å². The van der Waals surface area contributed by atoms with E-state index in [0.717, 1.165) is 10.6 Å². The highest BCUT2D eigenvalue weighted by atomic mass is 32.2. The van der Waals surface area contributed by atoms with Crippen LogP contribution in [0.15, 0.2) is 84.2 Å². The van der Waals surface area contributed by atoms with Gasteiger partial charge in [-0.25, -0.2) is 13.8 Å². The number of pyridine rings is 1. The van der Waals surface area contributed by atoms with Gasteiger partial charge in [-0.1, -0.05) is 24.3 Å². The fraction of sp³-hybridized carbons (Fsp3) is 0.136. The van der Waals surface area contributed by atoms with Gasteiger partial charge in [0.1, 0.15) is 17.5 Å². The van der Waals surface area contributed by atoms with Crippen LogP contribution < -0.4 is 14.5 Å². The SMILES string of the molecule is C[C@@H](C(=O)N/N=C\c1cccnc1)N(c1ccc(Oc2ccccc2)cc1)S(C)(=O)=O. The molecule has 1 atom stereocenters. The van der Waals surface area contributed by atoms with Crippen molar-refractivity contribution in [1.82, 2.24) is 10.4 Å². The molecule has 0 spiro atoms. The lowest BCUT2D eigenvalue weighted by Crippen LogP contribution is -2.46. The average Bonchev–Trinajstić information content (AvgIpc) is 2.75. The minimum Gasteiger partial charge on any atom is -0.457 e. The van der Waals surface area contributed by atoms with E-state index in [1.807, 2.05) is 30.3 Å². The molecule has 0 radical (unpaired) electrons. The van der Waals surface area contributed by atoms with Crippen molar-refractivity contribution in [1.29, 1.82) is 0 Å². The number of nitrogens with zero attached hydrogens (tertiary/aromatic N) is 3. The van der Waals surface area contributed by atoms with Gasteiger partial charge >= 0.3 is 0 Å². The molecular weight excluding hydrogens is 416 g/mol. The molecule has 1 N–H and O–H groups in total. The molecule has 0 unspecified atom stereocenters. The van der Waals surface area contributed by atoms with E-state index in [1.165, 1.54) is 13.1 Å². The number of rotatable bonds is 8. The number of hydrazone groups is 1. The lowest BCUT2D eigenvalue weighted by molar-refractivity contribution is -0.121. The number of anilines is 1. The Labute approximate surface area is 181 Å².